The smallest absolute Gasteiger partial charge is 0.101 e. The Hall–Kier alpha value is -1.82. The van der Waals surface area contributed by atoms with Gasteiger partial charge in [0.2, 0.25) is 0 Å². The first-order valence-electron chi connectivity index (χ1n) is 10.3. The number of aryl methyl sites for hydroxylation is 3. The molecule has 28 heavy (non-hydrogen) atoms. The summed E-state index contributed by atoms with van der Waals surface area (Å²) in [4.78, 5) is 0. The molecular formula is C25H35ClN2. The summed E-state index contributed by atoms with van der Waals surface area (Å²) in [7, 11) is 0. The van der Waals surface area contributed by atoms with Gasteiger partial charge in [-0.05, 0) is 80.4 Å². The minimum Gasteiger partial charge on any atom is -0.316 e. The second-order valence-electron chi connectivity index (χ2n) is 7.51. The summed E-state index contributed by atoms with van der Waals surface area (Å²) in [6.45, 7) is 13.4. The van der Waals surface area contributed by atoms with Gasteiger partial charge in [-0.1, -0.05) is 69.1 Å². The Morgan fingerprint density at radius 1 is 1.18 bits per heavy atom. The molecule has 2 nitrogen and oxygen atoms in total. The molecule has 0 spiro atoms. The second kappa shape index (κ2) is 13.4. The Bertz CT molecular complexity index is 742. The average molecular weight is 399 g/mol. The van der Waals surface area contributed by atoms with Gasteiger partial charge in [0.05, 0.1) is 10.6 Å². The molecule has 1 aliphatic heterocycles. The molecule has 2 atom stereocenters. The number of nitrogens with one attached hydrogen (secondary N) is 1. The van der Waals surface area contributed by atoms with E-state index in [4.69, 9.17) is 16.9 Å². The quantitative estimate of drug-likeness (QED) is 0.622. The first-order valence-corrected chi connectivity index (χ1v) is 10.7. The van der Waals surface area contributed by atoms with Crippen LogP contribution in [0.3, 0.4) is 0 Å². The molecule has 1 saturated heterocycles. The van der Waals surface area contributed by atoms with Crippen molar-refractivity contribution in [1.29, 1.82) is 5.26 Å². The summed E-state index contributed by atoms with van der Waals surface area (Å²) < 4.78 is 0. The van der Waals surface area contributed by atoms with Crippen LogP contribution in [0.4, 0.5) is 0 Å². The topological polar surface area (TPSA) is 35.8 Å². The molecule has 0 radical (unpaired) electrons. The molecule has 1 aliphatic rings. The van der Waals surface area contributed by atoms with Gasteiger partial charge in [-0.2, -0.15) is 5.26 Å². The number of hydrogen-bond donors (Lipinski definition) is 1. The SMILES string of the molecule is CCC(C)C1CCNC1.CCc1ccccc1C.Cc1ccc(C#N)c(Cl)c1. The zero-order chi connectivity index (χ0) is 20.9. The van der Waals surface area contributed by atoms with Gasteiger partial charge in [0, 0.05) is 0 Å². The Morgan fingerprint density at radius 2 is 1.89 bits per heavy atom. The minimum atomic E-state index is 0.530. The lowest BCUT2D eigenvalue weighted by Gasteiger charge is -2.14. The molecule has 0 amide bonds. The molecular weight excluding hydrogens is 364 g/mol. The van der Waals surface area contributed by atoms with Crippen molar-refractivity contribution in [2.45, 2.75) is 53.9 Å². The van der Waals surface area contributed by atoms with Crippen molar-refractivity contribution < 1.29 is 0 Å². The molecule has 2 aromatic rings. The first-order chi connectivity index (χ1) is 13.4. The van der Waals surface area contributed by atoms with Crippen LogP contribution in [0.25, 0.3) is 0 Å². The minimum absolute atomic E-state index is 0.530. The van der Waals surface area contributed by atoms with Crippen LogP contribution >= 0.6 is 11.6 Å². The standard InChI is InChI=1S/C9H12.C8H6ClN.C8H17N/c1-3-9-7-5-4-6-8(9)2;1-6-2-3-7(5-10)8(9)4-6;1-3-7(2)8-4-5-9-6-8/h4-7H,3H2,1-2H3;2-4H,1H3;7-9H,3-6H2,1-2H3. The highest BCUT2D eigenvalue weighted by Crippen LogP contribution is 2.20. The van der Waals surface area contributed by atoms with Crippen LogP contribution in [0, 0.1) is 37.0 Å². The van der Waals surface area contributed by atoms with Crippen molar-refractivity contribution in [3.8, 4) is 6.07 Å². The lowest BCUT2D eigenvalue weighted by Crippen LogP contribution is -2.14. The van der Waals surface area contributed by atoms with Crippen molar-refractivity contribution in [3.63, 3.8) is 0 Å². The highest BCUT2D eigenvalue weighted by Gasteiger charge is 2.18. The molecule has 0 bridgehead atoms. The fraction of sp³-hybridized carbons (Fsp3) is 0.480. The molecule has 1 N–H and O–H groups in total. The van der Waals surface area contributed by atoms with Crippen LogP contribution in [0.5, 0.6) is 0 Å². The van der Waals surface area contributed by atoms with Crippen molar-refractivity contribution in [2.24, 2.45) is 11.8 Å². The zero-order valence-corrected chi connectivity index (χ0v) is 18.8. The lowest BCUT2D eigenvalue weighted by atomic mass is 9.91. The second-order valence-corrected chi connectivity index (χ2v) is 7.92. The van der Waals surface area contributed by atoms with E-state index in [9.17, 15) is 0 Å². The first kappa shape index (κ1) is 24.2. The molecule has 1 heterocycles. The molecule has 0 aromatic heterocycles. The third kappa shape index (κ3) is 8.46. The predicted molar refractivity (Wildman–Crippen MR) is 122 cm³/mol. The monoisotopic (exact) mass is 398 g/mol. The Kier molecular flexibility index (Phi) is 11.6. The Labute approximate surface area is 176 Å². The van der Waals surface area contributed by atoms with Crippen LogP contribution in [0.15, 0.2) is 42.5 Å². The molecule has 3 rings (SSSR count). The maximum atomic E-state index is 8.47. The fourth-order valence-electron chi connectivity index (χ4n) is 3.21. The van der Waals surface area contributed by atoms with E-state index >= 15 is 0 Å². The van der Waals surface area contributed by atoms with Gasteiger partial charge < -0.3 is 5.32 Å². The van der Waals surface area contributed by atoms with Gasteiger partial charge >= 0.3 is 0 Å². The van der Waals surface area contributed by atoms with Crippen molar-refractivity contribution in [3.05, 3.63) is 69.7 Å². The van der Waals surface area contributed by atoms with Crippen molar-refractivity contribution in [2.75, 3.05) is 13.1 Å². The summed E-state index contributed by atoms with van der Waals surface area (Å²) in [5.41, 5.74) is 4.47. The van der Waals surface area contributed by atoms with Crippen molar-refractivity contribution >= 4 is 11.6 Å². The summed E-state index contributed by atoms with van der Waals surface area (Å²) >= 11 is 5.71. The lowest BCUT2D eigenvalue weighted by molar-refractivity contribution is 0.376. The molecule has 0 saturated carbocycles. The largest absolute Gasteiger partial charge is 0.316 e. The van der Waals surface area contributed by atoms with Gasteiger partial charge in [-0.3, -0.25) is 0 Å². The van der Waals surface area contributed by atoms with E-state index in [1.54, 1.807) is 12.1 Å². The molecule has 1 fully saturated rings. The molecule has 3 heteroatoms. The van der Waals surface area contributed by atoms with Crippen molar-refractivity contribution in [1.82, 2.24) is 5.32 Å². The van der Waals surface area contributed by atoms with Gasteiger partial charge in [-0.15, -0.1) is 0 Å². The zero-order valence-electron chi connectivity index (χ0n) is 18.1. The van der Waals surface area contributed by atoms with Gasteiger partial charge in [0.15, 0.2) is 0 Å². The maximum absolute atomic E-state index is 8.47. The van der Waals surface area contributed by atoms with E-state index in [0.29, 0.717) is 10.6 Å². The third-order valence-electron chi connectivity index (χ3n) is 5.43. The number of benzene rings is 2. The third-order valence-corrected chi connectivity index (χ3v) is 5.75. The highest BCUT2D eigenvalue weighted by atomic mass is 35.5. The van der Waals surface area contributed by atoms with E-state index in [2.05, 4.69) is 57.3 Å². The van der Waals surface area contributed by atoms with E-state index in [1.165, 1.54) is 37.1 Å². The Morgan fingerprint density at radius 3 is 2.36 bits per heavy atom. The highest BCUT2D eigenvalue weighted by molar-refractivity contribution is 6.31. The maximum Gasteiger partial charge on any atom is 0.101 e. The predicted octanol–water partition coefficient (Wildman–Crippen LogP) is 6.72. The van der Waals surface area contributed by atoms with E-state index < -0.39 is 0 Å². The number of rotatable bonds is 3. The number of nitriles is 1. The summed E-state index contributed by atoms with van der Waals surface area (Å²) in [6, 6.07) is 15.8. The molecule has 152 valence electrons. The van der Waals surface area contributed by atoms with Gasteiger partial charge in [0.25, 0.3) is 0 Å². The number of nitrogens with zero attached hydrogens (tertiary/aromatic N) is 1. The van der Waals surface area contributed by atoms with E-state index in [-0.39, 0.29) is 0 Å². The van der Waals surface area contributed by atoms with Gasteiger partial charge in [-0.25, -0.2) is 0 Å². The molecule has 0 aliphatic carbocycles. The van der Waals surface area contributed by atoms with Crippen LogP contribution in [-0.4, -0.2) is 13.1 Å². The van der Waals surface area contributed by atoms with Crippen LogP contribution in [0.1, 0.15) is 55.9 Å². The van der Waals surface area contributed by atoms with Gasteiger partial charge in [0.1, 0.15) is 6.07 Å². The Balaban J connectivity index is 0.000000210. The number of hydrogen-bond acceptors (Lipinski definition) is 2. The van der Waals surface area contributed by atoms with Crippen LogP contribution in [-0.2, 0) is 6.42 Å². The van der Waals surface area contributed by atoms with E-state index in [1.807, 2.05) is 19.1 Å². The van der Waals surface area contributed by atoms with E-state index in [0.717, 1.165) is 23.8 Å². The summed E-state index contributed by atoms with van der Waals surface area (Å²) in [5.74, 6) is 1.90. The average Bonchev–Trinajstić information content (AvgIpc) is 3.24. The summed E-state index contributed by atoms with van der Waals surface area (Å²) in [5, 5.41) is 12.4. The normalized spacial score (nSPS) is 16.1. The molecule has 2 unspecified atom stereocenters. The molecule has 2 aromatic carbocycles. The number of halogens is 1. The fourth-order valence-corrected chi connectivity index (χ4v) is 3.49. The van der Waals surface area contributed by atoms with Crippen LogP contribution in [0.2, 0.25) is 5.02 Å². The van der Waals surface area contributed by atoms with Crippen LogP contribution < -0.4 is 5.32 Å². The summed E-state index contributed by atoms with van der Waals surface area (Å²) in [6.07, 6.45) is 3.88.